The zero-order chi connectivity index (χ0) is 22.7. The number of fused-ring (bicyclic) bond motifs is 3. The van der Waals surface area contributed by atoms with Crippen LogP contribution in [-0.4, -0.2) is 42.2 Å². The number of esters is 1. The van der Waals surface area contributed by atoms with Gasteiger partial charge in [-0.05, 0) is 55.6 Å². The molecule has 0 aromatic heterocycles. The van der Waals surface area contributed by atoms with Gasteiger partial charge in [-0.3, -0.25) is 0 Å². The highest BCUT2D eigenvalue weighted by atomic mass is 16.5. The van der Waals surface area contributed by atoms with Gasteiger partial charge in [-0.25, -0.2) is 4.79 Å². The van der Waals surface area contributed by atoms with E-state index < -0.39 is 11.6 Å². The molecule has 1 aliphatic heterocycles. The molecule has 33 heavy (non-hydrogen) atoms. The normalized spacial score (nSPS) is 17.7. The van der Waals surface area contributed by atoms with Crippen molar-refractivity contribution in [2.75, 3.05) is 26.2 Å². The minimum absolute atomic E-state index is 0.0903. The Balaban J connectivity index is 1.35. The number of likely N-dealkylation sites (tertiary alicyclic amines) is 1. The van der Waals surface area contributed by atoms with Gasteiger partial charge in [-0.15, -0.1) is 0 Å². The molecule has 4 nitrogen and oxygen atoms in total. The number of hydrogen-bond donors (Lipinski definition) is 1. The van der Waals surface area contributed by atoms with E-state index in [4.69, 9.17) is 4.74 Å². The third kappa shape index (κ3) is 4.21. The highest BCUT2D eigenvalue weighted by Gasteiger charge is 2.49. The first-order chi connectivity index (χ1) is 16.2. The van der Waals surface area contributed by atoms with Crippen molar-refractivity contribution in [1.29, 1.82) is 0 Å². The van der Waals surface area contributed by atoms with Gasteiger partial charge >= 0.3 is 5.97 Å². The summed E-state index contributed by atoms with van der Waals surface area (Å²) in [7, 11) is 0. The summed E-state index contributed by atoms with van der Waals surface area (Å²) in [6, 6.07) is 25.4. The van der Waals surface area contributed by atoms with Gasteiger partial charge in [-0.1, -0.05) is 85.3 Å². The van der Waals surface area contributed by atoms with E-state index in [1.54, 1.807) is 0 Å². The largest absolute Gasteiger partial charge is 0.462 e. The Hall–Kier alpha value is -2.95. The van der Waals surface area contributed by atoms with Gasteiger partial charge < -0.3 is 14.7 Å². The Morgan fingerprint density at radius 2 is 1.42 bits per heavy atom. The molecule has 5 rings (SSSR count). The summed E-state index contributed by atoms with van der Waals surface area (Å²) in [4.78, 5) is 16.0. The van der Waals surface area contributed by atoms with Crippen LogP contribution in [0, 0.1) is 0 Å². The molecule has 2 aliphatic rings. The summed E-state index contributed by atoms with van der Waals surface area (Å²) in [5.74, 6) is -0.508. The summed E-state index contributed by atoms with van der Waals surface area (Å²) in [5, 5.41) is 11.7. The van der Waals surface area contributed by atoms with E-state index in [1.807, 2.05) is 66.7 Å². The van der Waals surface area contributed by atoms with Crippen molar-refractivity contribution in [1.82, 2.24) is 4.90 Å². The van der Waals surface area contributed by atoms with E-state index >= 15 is 0 Å². The number of nitrogens with zero attached hydrogens (tertiary/aromatic N) is 1. The quantitative estimate of drug-likeness (QED) is 0.518. The molecule has 1 saturated heterocycles. The Kier molecular flexibility index (Phi) is 6.30. The van der Waals surface area contributed by atoms with E-state index in [0.29, 0.717) is 11.1 Å². The minimum atomic E-state index is -1.78. The molecule has 4 heteroatoms. The molecule has 1 aliphatic carbocycles. The van der Waals surface area contributed by atoms with E-state index in [2.05, 4.69) is 17.0 Å². The summed E-state index contributed by atoms with van der Waals surface area (Å²) in [6.07, 6.45) is 4.76. The lowest BCUT2D eigenvalue weighted by Gasteiger charge is -2.29. The van der Waals surface area contributed by atoms with Crippen LogP contribution in [-0.2, 0) is 15.1 Å². The Morgan fingerprint density at radius 3 is 2.06 bits per heavy atom. The molecule has 1 N–H and O–H groups in total. The van der Waals surface area contributed by atoms with Crippen LogP contribution in [0.5, 0.6) is 0 Å². The van der Waals surface area contributed by atoms with Crippen molar-refractivity contribution in [3.63, 3.8) is 0 Å². The lowest BCUT2D eigenvalue weighted by atomic mass is 9.91. The van der Waals surface area contributed by atoms with Crippen molar-refractivity contribution < 1.29 is 14.6 Å². The average Bonchev–Trinajstić information content (AvgIpc) is 3.15. The van der Waals surface area contributed by atoms with Crippen LogP contribution in [0.25, 0.3) is 11.1 Å². The van der Waals surface area contributed by atoms with Crippen molar-refractivity contribution in [3.05, 3.63) is 95.6 Å². The first-order valence-electron chi connectivity index (χ1n) is 12.0. The molecule has 0 bridgehead atoms. The van der Waals surface area contributed by atoms with Gasteiger partial charge in [0.15, 0.2) is 0 Å². The van der Waals surface area contributed by atoms with Crippen molar-refractivity contribution in [2.24, 2.45) is 0 Å². The molecule has 0 amide bonds. The number of piperidine rings is 1. The lowest BCUT2D eigenvalue weighted by Crippen LogP contribution is -2.37. The molecular weight excluding hydrogens is 410 g/mol. The van der Waals surface area contributed by atoms with E-state index in [9.17, 15) is 9.90 Å². The standard InChI is InChI=1S/C29H31NO3/c31-28(29(32)26-15-7-5-13-24(26)25-14-6-8-16-27(25)29)33-21-23(22-11-3-1-4-12-22)17-20-30-18-9-2-10-19-30/h1,3-8,11-16,23,32H,2,9-10,17-21H2/t23-/m0/s1. The summed E-state index contributed by atoms with van der Waals surface area (Å²) < 4.78 is 5.89. The molecule has 0 spiro atoms. The second-order valence-electron chi connectivity index (χ2n) is 9.20. The van der Waals surface area contributed by atoms with E-state index in [0.717, 1.165) is 37.2 Å². The zero-order valence-electron chi connectivity index (χ0n) is 19.0. The van der Waals surface area contributed by atoms with E-state index in [1.165, 1.54) is 24.8 Å². The molecule has 3 aromatic carbocycles. The molecule has 170 valence electrons. The number of rotatable bonds is 7. The highest BCUT2D eigenvalue weighted by Crippen LogP contribution is 2.48. The van der Waals surface area contributed by atoms with Crippen LogP contribution in [0.2, 0.25) is 0 Å². The lowest BCUT2D eigenvalue weighted by molar-refractivity contribution is -0.162. The SMILES string of the molecule is O=C(OC[C@H](CCN1CCCCC1)c1ccccc1)C1(O)c2ccccc2-c2ccccc21. The monoisotopic (exact) mass is 441 g/mol. The van der Waals surface area contributed by atoms with Gasteiger partial charge in [0, 0.05) is 17.0 Å². The Labute approximate surface area is 195 Å². The van der Waals surface area contributed by atoms with Crippen LogP contribution in [0.4, 0.5) is 0 Å². The average molecular weight is 442 g/mol. The predicted molar refractivity (Wildman–Crippen MR) is 130 cm³/mol. The number of benzene rings is 3. The minimum Gasteiger partial charge on any atom is -0.462 e. The molecule has 1 atom stereocenters. The predicted octanol–water partition coefficient (Wildman–Crippen LogP) is 5.11. The fourth-order valence-corrected chi connectivity index (χ4v) is 5.31. The highest BCUT2D eigenvalue weighted by molar-refractivity contribution is 5.96. The number of aliphatic hydroxyl groups is 1. The molecule has 0 radical (unpaired) electrons. The smallest absolute Gasteiger partial charge is 0.347 e. The number of ether oxygens (including phenoxy) is 1. The number of hydrogen-bond acceptors (Lipinski definition) is 4. The molecule has 0 unspecified atom stereocenters. The topological polar surface area (TPSA) is 49.8 Å². The first-order valence-corrected chi connectivity index (χ1v) is 12.0. The van der Waals surface area contributed by atoms with Crippen molar-refractivity contribution in [3.8, 4) is 11.1 Å². The fourth-order valence-electron chi connectivity index (χ4n) is 5.31. The van der Waals surface area contributed by atoms with Crippen molar-refractivity contribution >= 4 is 5.97 Å². The third-order valence-corrected chi connectivity index (χ3v) is 7.15. The molecule has 3 aromatic rings. The van der Waals surface area contributed by atoms with Gasteiger partial charge in [-0.2, -0.15) is 0 Å². The summed E-state index contributed by atoms with van der Waals surface area (Å²) in [5.41, 5.74) is 2.36. The first kappa shape index (κ1) is 21.9. The van der Waals surface area contributed by atoms with Crippen LogP contribution in [0.1, 0.15) is 48.3 Å². The maximum atomic E-state index is 13.5. The maximum Gasteiger partial charge on any atom is 0.347 e. The number of carbonyl (C=O) groups is 1. The van der Waals surface area contributed by atoms with Gasteiger partial charge in [0.1, 0.15) is 0 Å². The van der Waals surface area contributed by atoms with Gasteiger partial charge in [0.2, 0.25) is 5.60 Å². The second-order valence-corrected chi connectivity index (χ2v) is 9.20. The summed E-state index contributed by atoms with van der Waals surface area (Å²) in [6.45, 7) is 3.54. The molecular formula is C29H31NO3. The van der Waals surface area contributed by atoms with E-state index in [-0.39, 0.29) is 12.5 Å². The van der Waals surface area contributed by atoms with Gasteiger partial charge in [0.25, 0.3) is 0 Å². The Morgan fingerprint density at radius 1 is 0.848 bits per heavy atom. The van der Waals surface area contributed by atoms with Crippen LogP contribution >= 0.6 is 0 Å². The fraction of sp³-hybridized carbons (Fsp3) is 0.345. The molecule has 1 fully saturated rings. The number of carbonyl (C=O) groups excluding carboxylic acids is 1. The van der Waals surface area contributed by atoms with Crippen LogP contribution < -0.4 is 0 Å². The van der Waals surface area contributed by atoms with Crippen molar-refractivity contribution in [2.45, 2.75) is 37.2 Å². The second kappa shape index (κ2) is 9.50. The Bertz CT molecular complexity index is 1060. The summed E-state index contributed by atoms with van der Waals surface area (Å²) >= 11 is 0. The van der Waals surface area contributed by atoms with Gasteiger partial charge in [0.05, 0.1) is 6.61 Å². The molecule has 1 heterocycles. The third-order valence-electron chi connectivity index (χ3n) is 7.15. The zero-order valence-corrected chi connectivity index (χ0v) is 19.0. The van der Waals surface area contributed by atoms with Crippen LogP contribution in [0.15, 0.2) is 78.9 Å². The van der Waals surface area contributed by atoms with Crippen LogP contribution in [0.3, 0.4) is 0 Å². The maximum absolute atomic E-state index is 13.5. The molecule has 0 saturated carbocycles.